The number of amides is 1. The molecule has 0 saturated carbocycles. The molecule has 0 aliphatic rings. The molecule has 20 heavy (non-hydrogen) atoms. The molecule has 7 heteroatoms. The fourth-order valence-electron chi connectivity index (χ4n) is 1.57. The number of aryl methyl sites for hydroxylation is 1. The van der Waals surface area contributed by atoms with Crippen LogP contribution in [0.3, 0.4) is 0 Å². The zero-order chi connectivity index (χ0) is 14.5. The topological polar surface area (TPSA) is 85.8 Å². The second-order valence-corrected chi connectivity index (χ2v) is 5.67. The summed E-state index contributed by atoms with van der Waals surface area (Å²) < 4.78 is 1.38. The van der Waals surface area contributed by atoms with Crippen molar-refractivity contribution >= 4 is 17.7 Å². The lowest BCUT2D eigenvalue weighted by Crippen LogP contribution is -2.30. The molecule has 3 N–H and O–H groups in total. The van der Waals surface area contributed by atoms with Crippen molar-refractivity contribution in [3.63, 3.8) is 0 Å². The van der Waals surface area contributed by atoms with Gasteiger partial charge in [-0.1, -0.05) is 42.1 Å². The Morgan fingerprint density at radius 3 is 2.70 bits per heavy atom. The molecule has 0 aliphatic carbocycles. The van der Waals surface area contributed by atoms with Gasteiger partial charge in [-0.15, -0.1) is 10.2 Å². The number of rotatable bonds is 5. The van der Waals surface area contributed by atoms with E-state index in [4.69, 9.17) is 5.84 Å². The molecular weight excluding hydrogens is 274 g/mol. The smallest absolute Gasteiger partial charge is 0.233 e. The number of nitrogens with zero attached hydrogens (tertiary/aromatic N) is 3. The Labute approximate surface area is 121 Å². The van der Waals surface area contributed by atoms with Crippen LogP contribution in [0.2, 0.25) is 0 Å². The van der Waals surface area contributed by atoms with Crippen molar-refractivity contribution < 1.29 is 4.79 Å². The molecule has 0 fully saturated rings. The van der Waals surface area contributed by atoms with Gasteiger partial charge in [0.05, 0.1) is 5.25 Å². The molecule has 1 heterocycles. The molecule has 2 rings (SSSR count). The van der Waals surface area contributed by atoms with Gasteiger partial charge in [0.15, 0.2) is 0 Å². The Morgan fingerprint density at radius 1 is 1.40 bits per heavy atom. The number of carbonyl (C=O) groups is 1. The summed E-state index contributed by atoms with van der Waals surface area (Å²) in [6, 6.07) is 9.77. The summed E-state index contributed by atoms with van der Waals surface area (Å²) in [6.45, 7) is 4.09. The highest BCUT2D eigenvalue weighted by atomic mass is 32.2. The lowest BCUT2D eigenvalue weighted by Gasteiger charge is -2.11. The lowest BCUT2D eigenvalue weighted by molar-refractivity contribution is -0.120. The second-order valence-electron chi connectivity index (χ2n) is 4.36. The minimum Gasteiger partial charge on any atom is -0.351 e. The Hall–Kier alpha value is -2.02. The van der Waals surface area contributed by atoms with Crippen molar-refractivity contribution in [3.05, 3.63) is 41.7 Å². The summed E-state index contributed by atoms with van der Waals surface area (Å²) in [5, 5.41) is 10.9. The predicted molar refractivity (Wildman–Crippen MR) is 78.5 cm³/mol. The number of benzene rings is 1. The van der Waals surface area contributed by atoms with Crippen LogP contribution in [-0.4, -0.2) is 26.0 Å². The molecule has 1 aromatic heterocycles. The van der Waals surface area contributed by atoms with Crippen LogP contribution in [-0.2, 0) is 11.3 Å². The first-order valence-electron chi connectivity index (χ1n) is 6.23. The van der Waals surface area contributed by atoms with Crippen molar-refractivity contribution in [2.24, 2.45) is 0 Å². The normalized spacial score (nSPS) is 12.1. The summed E-state index contributed by atoms with van der Waals surface area (Å²) >= 11 is 1.29. The standard InChI is InChI=1S/C13H17N5OS/c1-9(20-13-17-16-10(2)18(13)14)12(19)15-8-11-6-4-3-5-7-11/h3-7,9H,8,14H2,1-2H3,(H,15,19)/t9-/m0/s1. The van der Waals surface area contributed by atoms with E-state index in [0.29, 0.717) is 17.5 Å². The van der Waals surface area contributed by atoms with Crippen LogP contribution in [0.15, 0.2) is 35.5 Å². The maximum absolute atomic E-state index is 12.0. The zero-order valence-corrected chi connectivity index (χ0v) is 12.2. The number of nitrogens with two attached hydrogens (primary N) is 1. The first-order valence-corrected chi connectivity index (χ1v) is 7.11. The van der Waals surface area contributed by atoms with Gasteiger partial charge >= 0.3 is 0 Å². The zero-order valence-electron chi connectivity index (χ0n) is 11.4. The molecule has 0 aliphatic heterocycles. The van der Waals surface area contributed by atoms with Crippen LogP contribution in [0, 0.1) is 6.92 Å². The van der Waals surface area contributed by atoms with E-state index >= 15 is 0 Å². The largest absolute Gasteiger partial charge is 0.351 e. The first kappa shape index (κ1) is 14.4. The third kappa shape index (κ3) is 3.51. The summed E-state index contributed by atoms with van der Waals surface area (Å²) in [5.41, 5.74) is 1.07. The van der Waals surface area contributed by atoms with E-state index in [1.165, 1.54) is 16.4 Å². The number of nitrogens with one attached hydrogen (secondary N) is 1. The van der Waals surface area contributed by atoms with Gasteiger partial charge in [-0.25, -0.2) is 4.68 Å². The van der Waals surface area contributed by atoms with Gasteiger partial charge in [0.25, 0.3) is 0 Å². The predicted octanol–water partition coefficient (Wildman–Crippen LogP) is 1.10. The molecule has 0 bridgehead atoms. The highest BCUT2D eigenvalue weighted by molar-refractivity contribution is 8.00. The molecule has 0 unspecified atom stereocenters. The average molecular weight is 291 g/mol. The van der Waals surface area contributed by atoms with Crippen molar-refractivity contribution in [3.8, 4) is 0 Å². The van der Waals surface area contributed by atoms with Crippen LogP contribution in [0.5, 0.6) is 0 Å². The quantitative estimate of drug-likeness (QED) is 0.636. The third-order valence-electron chi connectivity index (χ3n) is 2.80. The molecule has 1 atom stereocenters. The number of aromatic nitrogens is 3. The molecule has 106 valence electrons. The van der Waals surface area contributed by atoms with Gasteiger partial charge in [-0.2, -0.15) is 0 Å². The van der Waals surface area contributed by atoms with E-state index in [1.54, 1.807) is 6.92 Å². The van der Waals surface area contributed by atoms with Gasteiger partial charge in [0.2, 0.25) is 11.1 Å². The van der Waals surface area contributed by atoms with Crippen molar-refractivity contribution in [2.45, 2.75) is 30.8 Å². The number of hydrogen-bond donors (Lipinski definition) is 2. The highest BCUT2D eigenvalue weighted by Crippen LogP contribution is 2.20. The Balaban J connectivity index is 1.88. The van der Waals surface area contributed by atoms with Crippen LogP contribution >= 0.6 is 11.8 Å². The Morgan fingerprint density at radius 2 is 2.10 bits per heavy atom. The highest BCUT2D eigenvalue weighted by Gasteiger charge is 2.18. The number of hydrogen-bond acceptors (Lipinski definition) is 5. The van der Waals surface area contributed by atoms with Gasteiger partial charge in [-0.3, -0.25) is 4.79 Å². The van der Waals surface area contributed by atoms with Crippen molar-refractivity contribution in [1.82, 2.24) is 20.2 Å². The van der Waals surface area contributed by atoms with E-state index < -0.39 is 0 Å². The van der Waals surface area contributed by atoms with E-state index in [-0.39, 0.29) is 11.2 Å². The van der Waals surface area contributed by atoms with Crippen LogP contribution in [0.4, 0.5) is 0 Å². The minimum absolute atomic E-state index is 0.0560. The third-order valence-corrected chi connectivity index (χ3v) is 3.85. The van der Waals surface area contributed by atoms with E-state index in [1.807, 2.05) is 37.3 Å². The molecular formula is C13H17N5OS. The average Bonchev–Trinajstić information content (AvgIpc) is 2.78. The summed E-state index contributed by atoms with van der Waals surface area (Å²) in [5.74, 6) is 6.31. The number of nitrogen functional groups attached to an aromatic ring is 1. The van der Waals surface area contributed by atoms with E-state index in [0.717, 1.165) is 5.56 Å². The fourth-order valence-corrected chi connectivity index (χ4v) is 2.41. The van der Waals surface area contributed by atoms with E-state index in [9.17, 15) is 4.79 Å². The molecule has 6 nitrogen and oxygen atoms in total. The summed E-state index contributed by atoms with van der Waals surface area (Å²) in [4.78, 5) is 12.0. The molecule has 0 spiro atoms. The summed E-state index contributed by atoms with van der Waals surface area (Å²) in [7, 11) is 0. The van der Waals surface area contributed by atoms with Crippen molar-refractivity contribution in [1.29, 1.82) is 0 Å². The lowest BCUT2D eigenvalue weighted by atomic mass is 10.2. The monoisotopic (exact) mass is 291 g/mol. The van der Waals surface area contributed by atoms with E-state index in [2.05, 4.69) is 15.5 Å². The molecule has 0 saturated heterocycles. The second kappa shape index (κ2) is 6.42. The Bertz CT molecular complexity index is 584. The van der Waals surface area contributed by atoms with Gasteiger partial charge < -0.3 is 11.2 Å². The fraction of sp³-hybridized carbons (Fsp3) is 0.308. The number of thioether (sulfide) groups is 1. The van der Waals surface area contributed by atoms with Crippen LogP contribution < -0.4 is 11.2 Å². The summed E-state index contributed by atoms with van der Waals surface area (Å²) in [6.07, 6.45) is 0. The Kier molecular flexibility index (Phi) is 4.62. The maximum Gasteiger partial charge on any atom is 0.233 e. The maximum atomic E-state index is 12.0. The van der Waals surface area contributed by atoms with Crippen LogP contribution in [0.25, 0.3) is 0 Å². The molecule has 2 aromatic rings. The number of carbonyl (C=O) groups excluding carboxylic acids is 1. The minimum atomic E-state index is -0.287. The van der Waals surface area contributed by atoms with Gasteiger partial charge in [0.1, 0.15) is 5.82 Å². The van der Waals surface area contributed by atoms with Gasteiger partial charge in [0, 0.05) is 6.54 Å². The molecule has 1 amide bonds. The molecule has 1 aromatic carbocycles. The van der Waals surface area contributed by atoms with Crippen LogP contribution in [0.1, 0.15) is 18.3 Å². The molecule has 0 radical (unpaired) electrons. The SMILES string of the molecule is Cc1nnc(S[C@@H](C)C(=O)NCc2ccccc2)n1N. The van der Waals surface area contributed by atoms with Crippen molar-refractivity contribution in [2.75, 3.05) is 5.84 Å². The van der Waals surface area contributed by atoms with Gasteiger partial charge in [-0.05, 0) is 19.4 Å². The first-order chi connectivity index (χ1) is 9.58.